The van der Waals surface area contributed by atoms with Crippen LogP contribution in [0.3, 0.4) is 0 Å². The van der Waals surface area contributed by atoms with E-state index < -0.39 is 0 Å². The molecule has 0 unspecified atom stereocenters. The highest BCUT2D eigenvalue weighted by Crippen LogP contribution is 2.25. The highest BCUT2D eigenvalue weighted by molar-refractivity contribution is 6.06. The van der Waals surface area contributed by atoms with Gasteiger partial charge in [-0.1, -0.05) is 0 Å². The summed E-state index contributed by atoms with van der Waals surface area (Å²) in [5.74, 6) is 0.734. The topological polar surface area (TPSA) is 71.7 Å². The third kappa shape index (κ3) is 3.07. The van der Waals surface area contributed by atoms with Gasteiger partial charge in [-0.25, -0.2) is 0 Å². The van der Waals surface area contributed by atoms with Gasteiger partial charge in [-0.3, -0.25) is 9.78 Å². The normalized spacial score (nSPS) is 18.8. The zero-order valence-corrected chi connectivity index (χ0v) is 14.5. The van der Waals surface area contributed by atoms with Crippen LogP contribution in [0.15, 0.2) is 24.3 Å². The fourth-order valence-electron chi connectivity index (χ4n) is 3.28. The molecule has 1 aliphatic rings. The lowest BCUT2D eigenvalue weighted by molar-refractivity contribution is 0.0518. The molecule has 2 heterocycles. The molecule has 0 radical (unpaired) electrons. The second-order valence-corrected chi connectivity index (χ2v) is 6.34. The van der Waals surface area contributed by atoms with E-state index in [-0.39, 0.29) is 11.9 Å². The lowest BCUT2D eigenvalue weighted by Gasteiger charge is -2.39. The van der Waals surface area contributed by atoms with Crippen molar-refractivity contribution in [3.8, 4) is 5.75 Å². The molecule has 6 nitrogen and oxygen atoms in total. The molecule has 1 aromatic carbocycles. The van der Waals surface area contributed by atoms with E-state index in [1.807, 2.05) is 36.1 Å². The maximum Gasteiger partial charge on any atom is 0.254 e. The zero-order chi connectivity index (χ0) is 17.3. The highest BCUT2D eigenvalue weighted by atomic mass is 16.5. The number of nitrogens with zero attached hydrogens (tertiary/aromatic N) is 3. The van der Waals surface area contributed by atoms with Gasteiger partial charge in [0.05, 0.1) is 24.2 Å². The molecule has 1 fully saturated rings. The summed E-state index contributed by atoms with van der Waals surface area (Å²) < 4.78 is 5.31. The molecule has 3 rings (SSSR count). The van der Waals surface area contributed by atoms with E-state index in [1.165, 1.54) is 0 Å². The van der Waals surface area contributed by atoms with Crippen molar-refractivity contribution in [2.24, 2.45) is 5.73 Å². The predicted octanol–water partition coefficient (Wildman–Crippen LogP) is 1.27. The Labute approximate surface area is 142 Å². The van der Waals surface area contributed by atoms with Crippen molar-refractivity contribution in [3.05, 3.63) is 35.5 Å². The smallest absolute Gasteiger partial charge is 0.254 e. The zero-order valence-electron chi connectivity index (χ0n) is 14.5. The second kappa shape index (κ2) is 6.75. The first kappa shape index (κ1) is 16.7. The summed E-state index contributed by atoms with van der Waals surface area (Å²) in [4.78, 5) is 21.9. The minimum Gasteiger partial charge on any atom is -0.497 e. The number of carbonyl (C=O) groups excluding carboxylic acids is 1. The molecular weight excluding hydrogens is 304 g/mol. The lowest BCUT2D eigenvalue weighted by atomic mass is 10.0. The van der Waals surface area contributed by atoms with Gasteiger partial charge < -0.3 is 20.3 Å². The van der Waals surface area contributed by atoms with E-state index in [1.54, 1.807) is 7.11 Å². The molecule has 1 atom stereocenters. The first-order valence-electron chi connectivity index (χ1n) is 8.18. The third-order valence-corrected chi connectivity index (χ3v) is 4.59. The summed E-state index contributed by atoms with van der Waals surface area (Å²) in [7, 11) is 3.68. The van der Waals surface area contributed by atoms with E-state index >= 15 is 0 Å². The van der Waals surface area contributed by atoms with E-state index in [0.29, 0.717) is 18.7 Å². The molecule has 1 saturated heterocycles. The van der Waals surface area contributed by atoms with Gasteiger partial charge in [0.1, 0.15) is 5.75 Å². The van der Waals surface area contributed by atoms with Gasteiger partial charge in [0, 0.05) is 37.3 Å². The molecule has 1 amide bonds. The number of hydrogen-bond acceptors (Lipinski definition) is 5. The van der Waals surface area contributed by atoms with Crippen molar-refractivity contribution >= 4 is 16.8 Å². The molecule has 2 N–H and O–H groups in total. The van der Waals surface area contributed by atoms with Gasteiger partial charge >= 0.3 is 0 Å². The summed E-state index contributed by atoms with van der Waals surface area (Å²) >= 11 is 0. The predicted molar refractivity (Wildman–Crippen MR) is 94.4 cm³/mol. The standard InChI is InChI=1S/C18H24N4O2/c1-12-8-16(15-9-14(24-3)4-5-17(15)20-12)18(23)22-7-6-21(2)11-13(22)10-19/h4-5,8-9,13H,6-7,10-11,19H2,1-3H3/t13-/m0/s1. The summed E-state index contributed by atoms with van der Waals surface area (Å²) in [6.45, 7) is 4.71. The van der Waals surface area contributed by atoms with E-state index in [2.05, 4.69) is 16.9 Å². The van der Waals surface area contributed by atoms with Gasteiger partial charge in [-0.05, 0) is 38.2 Å². The molecule has 24 heavy (non-hydrogen) atoms. The number of amides is 1. The summed E-state index contributed by atoms with van der Waals surface area (Å²) in [5, 5.41) is 0.819. The number of aryl methyl sites for hydroxylation is 1. The number of piperazine rings is 1. The number of benzene rings is 1. The van der Waals surface area contributed by atoms with Gasteiger partial charge in [0.25, 0.3) is 5.91 Å². The van der Waals surface area contributed by atoms with Crippen LogP contribution >= 0.6 is 0 Å². The van der Waals surface area contributed by atoms with Crippen LogP contribution in [0.4, 0.5) is 0 Å². The number of hydrogen-bond donors (Lipinski definition) is 1. The van der Waals surface area contributed by atoms with Crippen LogP contribution in [-0.2, 0) is 0 Å². The average molecular weight is 328 g/mol. The molecule has 0 spiro atoms. The summed E-state index contributed by atoms with van der Waals surface area (Å²) in [5.41, 5.74) is 8.20. The molecule has 128 valence electrons. The van der Waals surface area contributed by atoms with Crippen molar-refractivity contribution in [1.29, 1.82) is 0 Å². The van der Waals surface area contributed by atoms with Gasteiger partial charge in [-0.15, -0.1) is 0 Å². The SMILES string of the molecule is COc1ccc2nc(C)cc(C(=O)N3CCN(C)C[C@@H]3CN)c2c1. The van der Waals surface area contributed by atoms with Crippen molar-refractivity contribution < 1.29 is 9.53 Å². The number of aromatic nitrogens is 1. The Kier molecular flexibility index (Phi) is 4.69. The molecule has 2 aromatic rings. The molecular formula is C18H24N4O2. The number of methoxy groups -OCH3 is 1. The first-order valence-corrected chi connectivity index (χ1v) is 8.18. The number of pyridine rings is 1. The maximum absolute atomic E-state index is 13.2. The Bertz CT molecular complexity index is 762. The van der Waals surface area contributed by atoms with Crippen molar-refractivity contribution in [1.82, 2.24) is 14.8 Å². The fourth-order valence-corrected chi connectivity index (χ4v) is 3.28. The molecule has 0 bridgehead atoms. The van der Waals surface area contributed by atoms with Gasteiger partial charge in [-0.2, -0.15) is 0 Å². The van der Waals surface area contributed by atoms with E-state index in [0.717, 1.165) is 35.4 Å². The van der Waals surface area contributed by atoms with E-state index in [4.69, 9.17) is 10.5 Å². The Balaban J connectivity index is 2.05. The highest BCUT2D eigenvalue weighted by Gasteiger charge is 2.29. The summed E-state index contributed by atoms with van der Waals surface area (Å²) in [6, 6.07) is 7.52. The quantitative estimate of drug-likeness (QED) is 0.918. The number of rotatable bonds is 3. The monoisotopic (exact) mass is 328 g/mol. The van der Waals surface area contributed by atoms with Crippen LogP contribution in [-0.4, -0.2) is 67.1 Å². The largest absolute Gasteiger partial charge is 0.497 e. The molecule has 1 aromatic heterocycles. The Morgan fingerprint density at radius 3 is 2.88 bits per heavy atom. The van der Waals surface area contributed by atoms with Crippen molar-refractivity contribution in [3.63, 3.8) is 0 Å². The number of fused-ring (bicyclic) bond motifs is 1. The second-order valence-electron chi connectivity index (χ2n) is 6.34. The van der Waals surface area contributed by atoms with Crippen molar-refractivity contribution in [2.45, 2.75) is 13.0 Å². The lowest BCUT2D eigenvalue weighted by Crippen LogP contribution is -2.56. The van der Waals surface area contributed by atoms with E-state index in [9.17, 15) is 4.79 Å². The van der Waals surface area contributed by atoms with Crippen LogP contribution < -0.4 is 10.5 Å². The van der Waals surface area contributed by atoms with Gasteiger partial charge in [0.2, 0.25) is 0 Å². The number of ether oxygens (including phenoxy) is 1. The minimum atomic E-state index is 0.0160. The fraction of sp³-hybridized carbons (Fsp3) is 0.444. The molecule has 0 aliphatic carbocycles. The Morgan fingerprint density at radius 2 is 2.17 bits per heavy atom. The number of carbonyl (C=O) groups is 1. The minimum absolute atomic E-state index is 0.0160. The van der Waals surface area contributed by atoms with Crippen LogP contribution in [0.1, 0.15) is 16.1 Å². The first-order chi connectivity index (χ1) is 11.5. The molecule has 0 saturated carbocycles. The van der Waals surface area contributed by atoms with Crippen LogP contribution in [0.5, 0.6) is 5.75 Å². The average Bonchev–Trinajstić information content (AvgIpc) is 2.59. The van der Waals surface area contributed by atoms with Crippen molar-refractivity contribution in [2.75, 3.05) is 40.3 Å². The number of likely N-dealkylation sites (N-methyl/N-ethyl adjacent to an activating group) is 1. The third-order valence-electron chi connectivity index (χ3n) is 4.59. The van der Waals surface area contributed by atoms with Crippen LogP contribution in [0.25, 0.3) is 10.9 Å². The van der Waals surface area contributed by atoms with Gasteiger partial charge in [0.15, 0.2) is 0 Å². The van der Waals surface area contributed by atoms with Crippen LogP contribution in [0, 0.1) is 6.92 Å². The maximum atomic E-state index is 13.2. The Morgan fingerprint density at radius 1 is 1.38 bits per heavy atom. The Hall–Kier alpha value is -2.18. The van der Waals surface area contributed by atoms with Crippen LogP contribution in [0.2, 0.25) is 0 Å². The number of nitrogens with two attached hydrogens (primary N) is 1. The summed E-state index contributed by atoms with van der Waals surface area (Å²) in [6.07, 6.45) is 0. The molecule has 1 aliphatic heterocycles. The molecule has 6 heteroatoms.